The van der Waals surface area contributed by atoms with Crippen molar-refractivity contribution in [1.82, 2.24) is 9.78 Å². The highest BCUT2D eigenvalue weighted by Crippen LogP contribution is 2.27. The predicted octanol–water partition coefficient (Wildman–Crippen LogP) is 2.99. The zero-order valence-electron chi connectivity index (χ0n) is 9.53. The Hall–Kier alpha value is -1.49. The lowest BCUT2D eigenvalue weighted by molar-refractivity contribution is 0.605. The van der Waals surface area contributed by atoms with Gasteiger partial charge in [0.1, 0.15) is 0 Å². The first-order valence-corrected chi connectivity index (χ1v) is 6.28. The fourth-order valence-corrected chi connectivity index (χ4v) is 2.16. The van der Waals surface area contributed by atoms with Crippen LogP contribution in [0.3, 0.4) is 0 Å². The fraction of sp³-hybridized carbons (Fsp3) is 0.364. The Labute approximate surface area is 99.1 Å². The van der Waals surface area contributed by atoms with Gasteiger partial charge in [-0.05, 0) is 24.8 Å². The highest BCUT2D eigenvalue weighted by molar-refractivity contribution is 7.08. The summed E-state index contributed by atoms with van der Waals surface area (Å²) in [5, 5.41) is 11.8. The SMILES string of the molecule is CCCn1nc(C)c(N)c1Nc1ccsc1. The molecule has 16 heavy (non-hydrogen) atoms. The van der Waals surface area contributed by atoms with Crippen LogP contribution in [-0.4, -0.2) is 9.78 Å². The maximum absolute atomic E-state index is 6.01. The number of hydrogen-bond donors (Lipinski definition) is 2. The topological polar surface area (TPSA) is 55.9 Å². The van der Waals surface area contributed by atoms with Gasteiger partial charge in [-0.25, -0.2) is 4.68 Å². The number of aryl methyl sites for hydroxylation is 2. The summed E-state index contributed by atoms with van der Waals surface area (Å²) in [5.74, 6) is 0.901. The van der Waals surface area contributed by atoms with Crippen LogP contribution in [-0.2, 0) is 6.54 Å². The normalized spacial score (nSPS) is 10.6. The van der Waals surface area contributed by atoms with E-state index in [2.05, 4.69) is 22.7 Å². The van der Waals surface area contributed by atoms with Gasteiger partial charge in [-0.15, -0.1) is 0 Å². The lowest BCUT2D eigenvalue weighted by atomic mass is 10.3. The summed E-state index contributed by atoms with van der Waals surface area (Å²) < 4.78 is 1.93. The molecule has 2 aromatic heterocycles. The second-order valence-electron chi connectivity index (χ2n) is 3.71. The van der Waals surface area contributed by atoms with Gasteiger partial charge in [0.15, 0.2) is 5.82 Å². The molecule has 0 radical (unpaired) electrons. The van der Waals surface area contributed by atoms with Gasteiger partial charge < -0.3 is 11.1 Å². The quantitative estimate of drug-likeness (QED) is 0.858. The van der Waals surface area contributed by atoms with E-state index < -0.39 is 0 Å². The number of thiophene rings is 1. The molecule has 0 atom stereocenters. The van der Waals surface area contributed by atoms with Crippen LogP contribution in [0.5, 0.6) is 0 Å². The minimum atomic E-state index is 0.736. The standard InChI is InChI=1S/C11H16N4S/c1-3-5-15-11(10(12)8(2)14-15)13-9-4-6-16-7-9/h4,6-7,13H,3,5,12H2,1-2H3. The van der Waals surface area contributed by atoms with Crippen molar-refractivity contribution in [2.45, 2.75) is 26.8 Å². The number of rotatable bonds is 4. The molecule has 5 heteroatoms. The number of anilines is 3. The van der Waals surface area contributed by atoms with Gasteiger partial charge in [0, 0.05) is 11.9 Å². The van der Waals surface area contributed by atoms with Gasteiger partial charge in [0.05, 0.1) is 17.1 Å². The lowest BCUT2D eigenvalue weighted by Crippen LogP contribution is -2.05. The maximum Gasteiger partial charge on any atom is 0.152 e. The molecule has 86 valence electrons. The zero-order valence-corrected chi connectivity index (χ0v) is 10.3. The molecule has 0 bridgehead atoms. The van der Waals surface area contributed by atoms with E-state index in [1.807, 2.05) is 23.1 Å². The van der Waals surface area contributed by atoms with Gasteiger partial charge in [0.25, 0.3) is 0 Å². The third kappa shape index (κ3) is 2.04. The largest absolute Gasteiger partial charge is 0.394 e. The Bertz CT molecular complexity index is 459. The third-order valence-electron chi connectivity index (χ3n) is 2.39. The van der Waals surface area contributed by atoms with Gasteiger partial charge in [-0.1, -0.05) is 6.92 Å². The highest BCUT2D eigenvalue weighted by Gasteiger charge is 2.11. The summed E-state index contributed by atoms with van der Waals surface area (Å²) in [7, 11) is 0. The molecular weight excluding hydrogens is 220 g/mol. The van der Waals surface area contributed by atoms with Crippen LogP contribution >= 0.6 is 11.3 Å². The van der Waals surface area contributed by atoms with Crippen molar-refractivity contribution >= 4 is 28.5 Å². The molecule has 0 saturated carbocycles. The van der Waals surface area contributed by atoms with E-state index in [-0.39, 0.29) is 0 Å². The molecule has 0 aliphatic carbocycles. The Balaban J connectivity index is 2.30. The Kier molecular flexibility index (Phi) is 3.14. The van der Waals surface area contributed by atoms with E-state index in [4.69, 9.17) is 5.73 Å². The lowest BCUT2D eigenvalue weighted by Gasteiger charge is -2.08. The number of nitrogens with two attached hydrogens (primary N) is 1. The molecule has 2 heterocycles. The number of nitrogens with zero attached hydrogens (tertiary/aromatic N) is 2. The molecule has 0 amide bonds. The van der Waals surface area contributed by atoms with Crippen molar-refractivity contribution < 1.29 is 0 Å². The van der Waals surface area contributed by atoms with E-state index in [1.54, 1.807) is 11.3 Å². The number of aromatic nitrogens is 2. The molecule has 0 fully saturated rings. The second-order valence-corrected chi connectivity index (χ2v) is 4.49. The first-order valence-electron chi connectivity index (χ1n) is 5.34. The van der Waals surface area contributed by atoms with Gasteiger partial charge in [-0.3, -0.25) is 0 Å². The monoisotopic (exact) mass is 236 g/mol. The number of nitrogens with one attached hydrogen (secondary N) is 1. The highest BCUT2D eigenvalue weighted by atomic mass is 32.1. The van der Waals surface area contributed by atoms with E-state index in [1.165, 1.54) is 0 Å². The molecule has 0 aromatic carbocycles. The summed E-state index contributed by atoms with van der Waals surface area (Å²) in [6.07, 6.45) is 1.04. The van der Waals surface area contributed by atoms with Gasteiger partial charge in [-0.2, -0.15) is 16.4 Å². The molecule has 2 rings (SSSR count). The predicted molar refractivity (Wildman–Crippen MR) is 69.3 cm³/mol. The zero-order chi connectivity index (χ0) is 11.5. The molecule has 0 spiro atoms. The van der Waals surface area contributed by atoms with Gasteiger partial charge >= 0.3 is 0 Å². The van der Waals surface area contributed by atoms with Crippen LogP contribution in [0, 0.1) is 6.92 Å². The summed E-state index contributed by atoms with van der Waals surface area (Å²) in [4.78, 5) is 0. The second kappa shape index (κ2) is 4.57. The average Bonchev–Trinajstić information content (AvgIpc) is 2.84. The fourth-order valence-electron chi connectivity index (χ4n) is 1.57. The summed E-state index contributed by atoms with van der Waals surface area (Å²) >= 11 is 1.66. The molecule has 0 saturated heterocycles. The van der Waals surface area contributed by atoms with E-state index in [9.17, 15) is 0 Å². The molecule has 0 aliphatic heterocycles. The first-order chi connectivity index (χ1) is 7.72. The number of hydrogen-bond acceptors (Lipinski definition) is 4. The summed E-state index contributed by atoms with van der Waals surface area (Å²) in [5.41, 5.74) is 8.69. The van der Waals surface area contributed by atoms with E-state index >= 15 is 0 Å². The van der Waals surface area contributed by atoms with Crippen LogP contribution in [0.2, 0.25) is 0 Å². The van der Waals surface area contributed by atoms with Crippen LogP contribution in [0.4, 0.5) is 17.2 Å². The maximum atomic E-state index is 6.01. The Morgan fingerprint density at radius 2 is 2.38 bits per heavy atom. The van der Waals surface area contributed by atoms with Crippen molar-refractivity contribution in [1.29, 1.82) is 0 Å². The minimum absolute atomic E-state index is 0.736. The molecular formula is C11H16N4S. The van der Waals surface area contributed by atoms with Crippen LogP contribution in [0.1, 0.15) is 19.0 Å². The Morgan fingerprint density at radius 1 is 1.56 bits per heavy atom. The summed E-state index contributed by atoms with van der Waals surface area (Å²) in [6, 6.07) is 2.03. The first kappa shape index (κ1) is 11.0. The van der Waals surface area contributed by atoms with Crippen molar-refractivity contribution in [3.63, 3.8) is 0 Å². The van der Waals surface area contributed by atoms with Crippen LogP contribution in [0.15, 0.2) is 16.8 Å². The smallest absolute Gasteiger partial charge is 0.152 e. The van der Waals surface area contributed by atoms with Crippen molar-refractivity contribution in [2.75, 3.05) is 11.1 Å². The van der Waals surface area contributed by atoms with Crippen molar-refractivity contribution in [3.05, 3.63) is 22.5 Å². The average molecular weight is 236 g/mol. The third-order valence-corrected chi connectivity index (χ3v) is 3.08. The molecule has 4 nitrogen and oxygen atoms in total. The molecule has 2 aromatic rings. The van der Waals surface area contributed by atoms with Gasteiger partial charge in [0.2, 0.25) is 0 Å². The Morgan fingerprint density at radius 3 is 3.00 bits per heavy atom. The van der Waals surface area contributed by atoms with E-state index in [0.29, 0.717) is 0 Å². The minimum Gasteiger partial charge on any atom is -0.394 e. The van der Waals surface area contributed by atoms with Crippen molar-refractivity contribution in [2.24, 2.45) is 0 Å². The van der Waals surface area contributed by atoms with Crippen molar-refractivity contribution in [3.8, 4) is 0 Å². The molecule has 3 N–H and O–H groups in total. The molecule has 0 unspecified atom stereocenters. The molecule has 0 aliphatic rings. The van der Waals surface area contributed by atoms with Crippen LogP contribution < -0.4 is 11.1 Å². The van der Waals surface area contributed by atoms with E-state index in [0.717, 1.165) is 35.9 Å². The summed E-state index contributed by atoms with van der Waals surface area (Å²) in [6.45, 7) is 4.94. The van der Waals surface area contributed by atoms with Crippen LogP contribution in [0.25, 0.3) is 0 Å². The number of nitrogen functional groups attached to an aromatic ring is 1.